The Morgan fingerprint density at radius 2 is 1.72 bits per heavy atom. The van der Waals surface area contributed by atoms with Crippen molar-refractivity contribution in [2.24, 2.45) is 5.41 Å². The summed E-state index contributed by atoms with van der Waals surface area (Å²) in [6.45, 7) is 8.22. The van der Waals surface area contributed by atoms with E-state index in [-0.39, 0.29) is 10.3 Å². The van der Waals surface area contributed by atoms with Gasteiger partial charge in [-0.2, -0.15) is 0 Å². The van der Waals surface area contributed by atoms with Crippen molar-refractivity contribution >= 4 is 26.9 Å². The number of likely N-dealkylation sites (tertiary alicyclic amines) is 1. The van der Waals surface area contributed by atoms with Gasteiger partial charge in [-0.1, -0.05) is 55.0 Å². The fourth-order valence-corrected chi connectivity index (χ4v) is 7.14. The van der Waals surface area contributed by atoms with Crippen molar-refractivity contribution in [3.05, 3.63) is 84.3 Å². The number of aryl methyl sites for hydroxylation is 1. The van der Waals surface area contributed by atoms with E-state index in [1.807, 2.05) is 25.1 Å². The first-order valence-electron chi connectivity index (χ1n) is 12.5. The van der Waals surface area contributed by atoms with Crippen molar-refractivity contribution in [2.45, 2.75) is 44.2 Å². The molecule has 0 bridgehead atoms. The molecule has 0 amide bonds. The Hall–Kier alpha value is -3.23. The van der Waals surface area contributed by atoms with Crippen LogP contribution in [0.5, 0.6) is 0 Å². The minimum atomic E-state index is -3.76. The Bertz CT molecular complexity index is 1500. The van der Waals surface area contributed by atoms with Gasteiger partial charge < -0.3 is 4.90 Å². The predicted octanol–water partition coefficient (Wildman–Crippen LogP) is 4.47. The molecule has 2 aromatic carbocycles. The zero-order chi connectivity index (χ0) is 24.9. The van der Waals surface area contributed by atoms with Crippen molar-refractivity contribution in [3.8, 4) is 0 Å². The molecule has 6 rings (SSSR count). The van der Waals surface area contributed by atoms with Gasteiger partial charge in [0.25, 0.3) is 10.0 Å². The molecular formula is C28H31N5O2S. The molecule has 0 spiro atoms. The number of nitrogens with zero attached hydrogens (tertiary/aromatic N) is 5. The van der Waals surface area contributed by atoms with Gasteiger partial charge in [-0.25, -0.2) is 22.4 Å². The molecule has 0 saturated carbocycles. The Morgan fingerprint density at radius 1 is 0.972 bits per heavy atom. The summed E-state index contributed by atoms with van der Waals surface area (Å²) in [4.78, 5) is 14.3. The van der Waals surface area contributed by atoms with Gasteiger partial charge in [0.15, 0.2) is 5.65 Å². The standard InChI is InChI=1S/C28H31N5O2S/c1-21-8-10-23(11-9-21)36(34,35)33-15-12-24-26(29-20-30-27(24)33)32-17-14-28(2)13-16-31(19-25(28)32)18-22-6-4-3-5-7-22/h3-12,15,20,25H,13-14,16-19H2,1-2H3/t25-,28-/m0/s1. The topological polar surface area (TPSA) is 71.3 Å². The number of hydrogen-bond donors (Lipinski definition) is 0. The van der Waals surface area contributed by atoms with Crippen molar-refractivity contribution in [2.75, 3.05) is 24.5 Å². The maximum absolute atomic E-state index is 13.4. The van der Waals surface area contributed by atoms with Crippen LogP contribution in [0.15, 0.2) is 78.1 Å². The van der Waals surface area contributed by atoms with Crippen LogP contribution < -0.4 is 4.90 Å². The lowest BCUT2D eigenvalue weighted by molar-refractivity contribution is 0.106. The van der Waals surface area contributed by atoms with Gasteiger partial charge in [0.05, 0.1) is 10.3 Å². The van der Waals surface area contributed by atoms with Crippen LogP contribution in [-0.2, 0) is 16.6 Å². The van der Waals surface area contributed by atoms with Crippen LogP contribution in [0.3, 0.4) is 0 Å². The smallest absolute Gasteiger partial charge is 0.269 e. The third-order valence-corrected chi connectivity index (χ3v) is 9.74. The fourth-order valence-electron chi connectivity index (χ4n) is 5.83. The maximum atomic E-state index is 13.4. The summed E-state index contributed by atoms with van der Waals surface area (Å²) in [5, 5.41) is 0.776. The highest BCUT2D eigenvalue weighted by Gasteiger charge is 2.48. The molecule has 0 N–H and O–H groups in total. The maximum Gasteiger partial charge on any atom is 0.269 e. The number of fused-ring (bicyclic) bond motifs is 2. The summed E-state index contributed by atoms with van der Waals surface area (Å²) >= 11 is 0. The van der Waals surface area contributed by atoms with E-state index in [1.54, 1.807) is 18.3 Å². The van der Waals surface area contributed by atoms with Gasteiger partial charge in [-0.3, -0.25) is 4.90 Å². The van der Waals surface area contributed by atoms with Crippen LogP contribution in [0.2, 0.25) is 0 Å². The molecule has 2 atom stereocenters. The van der Waals surface area contributed by atoms with Crippen molar-refractivity contribution in [3.63, 3.8) is 0 Å². The summed E-state index contributed by atoms with van der Waals surface area (Å²) < 4.78 is 28.1. The van der Waals surface area contributed by atoms with Crippen LogP contribution in [0, 0.1) is 12.3 Å². The minimum absolute atomic E-state index is 0.209. The Morgan fingerprint density at radius 3 is 2.50 bits per heavy atom. The van der Waals surface area contributed by atoms with Gasteiger partial charge in [-0.05, 0) is 55.5 Å². The monoisotopic (exact) mass is 501 g/mol. The molecule has 0 radical (unpaired) electrons. The molecule has 7 nitrogen and oxygen atoms in total. The molecular weight excluding hydrogens is 470 g/mol. The van der Waals surface area contributed by atoms with Gasteiger partial charge in [0.1, 0.15) is 12.1 Å². The fraction of sp³-hybridized carbons (Fsp3) is 0.357. The Labute approximate surface area is 212 Å². The first-order chi connectivity index (χ1) is 17.3. The van der Waals surface area contributed by atoms with E-state index in [0.29, 0.717) is 11.7 Å². The van der Waals surface area contributed by atoms with Crippen molar-refractivity contribution < 1.29 is 8.42 Å². The highest BCUT2D eigenvalue weighted by molar-refractivity contribution is 7.90. The van der Waals surface area contributed by atoms with Gasteiger partial charge >= 0.3 is 0 Å². The van der Waals surface area contributed by atoms with Gasteiger partial charge in [0.2, 0.25) is 0 Å². The Balaban J connectivity index is 1.34. The molecule has 2 aliphatic rings. The second kappa shape index (κ2) is 8.71. The summed E-state index contributed by atoms with van der Waals surface area (Å²) in [6.07, 6.45) is 5.34. The second-order valence-corrected chi connectivity index (χ2v) is 12.3. The summed E-state index contributed by atoms with van der Waals surface area (Å²) in [5.74, 6) is 0.827. The largest absolute Gasteiger partial charge is 0.351 e. The van der Waals surface area contributed by atoms with Gasteiger partial charge in [-0.15, -0.1) is 0 Å². The summed E-state index contributed by atoms with van der Waals surface area (Å²) in [7, 11) is -3.76. The Kier molecular flexibility index (Phi) is 5.61. The van der Waals surface area contributed by atoms with E-state index in [1.165, 1.54) is 15.9 Å². The third kappa shape index (κ3) is 3.89. The summed E-state index contributed by atoms with van der Waals surface area (Å²) in [5.41, 5.74) is 2.97. The molecule has 2 aliphatic heterocycles. The molecule has 36 heavy (non-hydrogen) atoms. The average Bonchev–Trinajstić information content (AvgIpc) is 3.47. The number of rotatable bonds is 5. The van der Waals surface area contributed by atoms with Crippen molar-refractivity contribution in [1.82, 2.24) is 18.8 Å². The molecule has 4 aromatic rings. The zero-order valence-corrected chi connectivity index (χ0v) is 21.5. The number of piperidine rings is 1. The van der Waals surface area contributed by atoms with E-state index in [4.69, 9.17) is 0 Å². The summed E-state index contributed by atoms with van der Waals surface area (Å²) in [6, 6.07) is 19.7. The van der Waals surface area contributed by atoms with E-state index < -0.39 is 10.0 Å². The SMILES string of the molecule is Cc1ccc(S(=O)(=O)n2ccc3c(N4CC[C@]5(C)CCN(Cc6ccccc6)C[C@H]45)ncnc32)cc1. The quantitative estimate of drug-likeness (QED) is 0.402. The normalized spacial score (nSPS) is 22.7. The van der Waals surface area contributed by atoms with Crippen LogP contribution in [0.25, 0.3) is 11.0 Å². The highest BCUT2D eigenvalue weighted by atomic mass is 32.2. The number of aromatic nitrogens is 3. The van der Waals surface area contributed by atoms with E-state index in [9.17, 15) is 8.42 Å². The van der Waals surface area contributed by atoms with Crippen LogP contribution >= 0.6 is 0 Å². The molecule has 186 valence electrons. The van der Waals surface area contributed by atoms with Crippen molar-refractivity contribution in [1.29, 1.82) is 0 Å². The minimum Gasteiger partial charge on any atom is -0.351 e. The number of anilines is 1. The second-order valence-electron chi connectivity index (χ2n) is 10.4. The van der Waals surface area contributed by atoms with Crippen LogP contribution in [-0.4, -0.2) is 52.9 Å². The average molecular weight is 502 g/mol. The predicted molar refractivity (Wildman–Crippen MR) is 141 cm³/mol. The first-order valence-corrected chi connectivity index (χ1v) is 14.0. The van der Waals surface area contributed by atoms with E-state index >= 15 is 0 Å². The van der Waals surface area contributed by atoms with Crippen LogP contribution in [0.1, 0.15) is 30.9 Å². The lowest BCUT2D eigenvalue weighted by atomic mass is 9.76. The molecule has 2 aromatic heterocycles. The molecule has 4 heterocycles. The van der Waals surface area contributed by atoms with E-state index in [2.05, 4.69) is 57.0 Å². The lowest BCUT2D eigenvalue weighted by Gasteiger charge is -2.44. The highest BCUT2D eigenvalue weighted by Crippen LogP contribution is 2.45. The molecule has 2 saturated heterocycles. The number of hydrogen-bond acceptors (Lipinski definition) is 6. The zero-order valence-electron chi connectivity index (χ0n) is 20.7. The number of benzene rings is 2. The molecule has 8 heteroatoms. The molecule has 2 fully saturated rings. The van der Waals surface area contributed by atoms with Crippen LogP contribution in [0.4, 0.5) is 5.82 Å². The molecule has 0 unspecified atom stereocenters. The lowest BCUT2D eigenvalue weighted by Crippen LogP contribution is -2.52. The molecule has 0 aliphatic carbocycles. The third-order valence-electron chi connectivity index (χ3n) is 8.06. The van der Waals surface area contributed by atoms with E-state index in [0.717, 1.165) is 55.8 Å². The first kappa shape index (κ1) is 23.2. The van der Waals surface area contributed by atoms with Gasteiger partial charge in [0, 0.05) is 31.9 Å².